The van der Waals surface area contributed by atoms with Crippen LogP contribution in [0.1, 0.15) is 52.0 Å². The first-order valence-corrected chi connectivity index (χ1v) is 7.39. The molecule has 0 spiro atoms. The first-order valence-electron chi connectivity index (χ1n) is 7.39. The third kappa shape index (κ3) is 3.30. The van der Waals surface area contributed by atoms with E-state index < -0.39 is 0 Å². The molecule has 0 heterocycles. The summed E-state index contributed by atoms with van der Waals surface area (Å²) in [6.07, 6.45) is 5.01. The fourth-order valence-corrected chi connectivity index (χ4v) is 2.98. The Morgan fingerprint density at radius 2 is 1.79 bits per heavy atom. The van der Waals surface area contributed by atoms with E-state index in [9.17, 15) is 0 Å². The number of para-hydroxylation sites is 1. The highest BCUT2D eigenvalue weighted by Crippen LogP contribution is 2.39. The van der Waals surface area contributed by atoms with E-state index in [0.717, 1.165) is 18.9 Å². The Morgan fingerprint density at radius 1 is 1.16 bits per heavy atom. The van der Waals surface area contributed by atoms with Gasteiger partial charge in [-0.25, -0.2) is 0 Å². The molecule has 2 heteroatoms. The van der Waals surface area contributed by atoms with Crippen LogP contribution in [0, 0.1) is 5.41 Å². The summed E-state index contributed by atoms with van der Waals surface area (Å²) in [6.45, 7) is 8.18. The van der Waals surface area contributed by atoms with Crippen LogP contribution in [0.25, 0.3) is 0 Å². The van der Waals surface area contributed by atoms with E-state index in [2.05, 4.69) is 39.0 Å². The van der Waals surface area contributed by atoms with Crippen LogP contribution in [0.3, 0.4) is 0 Å². The Kier molecular flexibility index (Phi) is 4.19. The van der Waals surface area contributed by atoms with Gasteiger partial charge in [-0.1, -0.05) is 51.8 Å². The topological polar surface area (TPSA) is 35.2 Å². The normalized spacial score (nSPS) is 18.5. The highest BCUT2D eigenvalue weighted by molar-refractivity contribution is 5.38. The predicted molar refractivity (Wildman–Crippen MR) is 80.6 cm³/mol. The van der Waals surface area contributed by atoms with Gasteiger partial charge in [-0.3, -0.25) is 0 Å². The predicted octanol–water partition coefficient (Wildman–Crippen LogP) is 3.88. The van der Waals surface area contributed by atoms with E-state index in [0.29, 0.717) is 0 Å². The highest BCUT2D eigenvalue weighted by Gasteiger charge is 2.33. The van der Waals surface area contributed by atoms with Gasteiger partial charge in [0.2, 0.25) is 0 Å². The maximum atomic E-state index is 6.16. The minimum absolute atomic E-state index is 0.113. The second kappa shape index (κ2) is 5.54. The minimum atomic E-state index is 0.113. The van der Waals surface area contributed by atoms with Gasteiger partial charge in [0, 0.05) is 12.0 Å². The lowest BCUT2D eigenvalue weighted by atomic mass is 9.85. The molecule has 1 aliphatic rings. The van der Waals surface area contributed by atoms with Crippen LogP contribution in [0.4, 0.5) is 0 Å². The summed E-state index contributed by atoms with van der Waals surface area (Å²) in [4.78, 5) is 0. The minimum Gasteiger partial charge on any atom is -0.493 e. The highest BCUT2D eigenvalue weighted by atomic mass is 16.5. The average Bonchev–Trinajstić information content (AvgIpc) is 2.85. The first kappa shape index (κ1) is 14.4. The van der Waals surface area contributed by atoms with Crippen molar-refractivity contribution >= 4 is 0 Å². The lowest BCUT2D eigenvalue weighted by Gasteiger charge is -2.29. The molecule has 0 amide bonds. The average molecular weight is 261 g/mol. The monoisotopic (exact) mass is 261 g/mol. The van der Waals surface area contributed by atoms with Gasteiger partial charge in [0.15, 0.2) is 0 Å². The van der Waals surface area contributed by atoms with E-state index in [1.807, 2.05) is 6.07 Å². The Morgan fingerprint density at radius 3 is 2.37 bits per heavy atom. The van der Waals surface area contributed by atoms with Gasteiger partial charge >= 0.3 is 0 Å². The molecule has 0 saturated heterocycles. The van der Waals surface area contributed by atoms with Gasteiger partial charge < -0.3 is 10.5 Å². The van der Waals surface area contributed by atoms with Crippen LogP contribution >= 0.6 is 0 Å². The van der Waals surface area contributed by atoms with E-state index in [-0.39, 0.29) is 10.8 Å². The summed E-state index contributed by atoms with van der Waals surface area (Å²) in [7, 11) is 0. The molecule has 0 unspecified atom stereocenters. The summed E-state index contributed by atoms with van der Waals surface area (Å²) >= 11 is 0. The summed E-state index contributed by atoms with van der Waals surface area (Å²) < 4.78 is 6.16. The summed E-state index contributed by atoms with van der Waals surface area (Å²) in [5.41, 5.74) is 7.58. The molecule has 19 heavy (non-hydrogen) atoms. The zero-order chi connectivity index (χ0) is 13.9. The van der Waals surface area contributed by atoms with Crippen molar-refractivity contribution in [2.45, 2.75) is 51.9 Å². The molecule has 0 bridgehead atoms. The second-order valence-corrected chi connectivity index (χ2v) is 6.95. The summed E-state index contributed by atoms with van der Waals surface area (Å²) in [5, 5.41) is 0. The van der Waals surface area contributed by atoms with Crippen molar-refractivity contribution < 1.29 is 4.74 Å². The first-order chi connectivity index (χ1) is 8.97. The number of hydrogen-bond acceptors (Lipinski definition) is 2. The molecular formula is C17H27NO. The van der Waals surface area contributed by atoms with Crippen molar-refractivity contribution in [2.24, 2.45) is 11.1 Å². The maximum absolute atomic E-state index is 6.16. The fourth-order valence-electron chi connectivity index (χ4n) is 2.98. The van der Waals surface area contributed by atoms with E-state index in [1.54, 1.807) is 0 Å². The number of rotatable bonds is 4. The molecular weight excluding hydrogens is 234 g/mol. The van der Waals surface area contributed by atoms with Gasteiger partial charge in [-0.05, 0) is 29.9 Å². The molecule has 1 saturated carbocycles. The largest absolute Gasteiger partial charge is 0.493 e. The summed E-state index contributed by atoms with van der Waals surface area (Å²) in [5.74, 6) is 1.02. The van der Waals surface area contributed by atoms with Gasteiger partial charge in [0.25, 0.3) is 0 Å². The molecule has 0 aliphatic heterocycles. The standard InChI is InChI=1S/C17H27NO/c1-16(2,3)14-8-4-5-9-15(14)19-13-17(12-18)10-6-7-11-17/h4-5,8-9H,6-7,10-13,18H2,1-3H3. The number of nitrogens with two attached hydrogens (primary N) is 1. The molecule has 1 aromatic rings. The van der Waals surface area contributed by atoms with Crippen LogP contribution in [-0.2, 0) is 5.41 Å². The fraction of sp³-hybridized carbons (Fsp3) is 0.647. The van der Waals surface area contributed by atoms with Gasteiger partial charge in [0.05, 0.1) is 6.61 Å². The Labute approximate surface area is 117 Å². The van der Waals surface area contributed by atoms with Crippen LogP contribution in [0.15, 0.2) is 24.3 Å². The molecule has 1 aliphatic carbocycles. The lowest BCUT2D eigenvalue weighted by Crippen LogP contribution is -2.34. The molecule has 106 valence electrons. The number of ether oxygens (including phenoxy) is 1. The zero-order valence-corrected chi connectivity index (χ0v) is 12.5. The Balaban J connectivity index is 2.11. The Bertz CT molecular complexity index is 414. The van der Waals surface area contributed by atoms with Gasteiger partial charge in [-0.2, -0.15) is 0 Å². The SMILES string of the molecule is CC(C)(C)c1ccccc1OCC1(CN)CCCC1. The smallest absolute Gasteiger partial charge is 0.123 e. The third-order valence-corrected chi connectivity index (χ3v) is 4.33. The van der Waals surface area contributed by atoms with Crippen molar-refractivity contribution in [3.05, 3.63) is 29.8 Å². The number of benzene rings is 1. The molecule has 2 N–H and O–H groups in total. The molecule has 2 rings (SSSR count). The van der Waals surface area contributed by atoms with Crippen LogP contribution in [-0.4, -0.2) is 13.2 Å². The van der Waals surface area contributed by atoms with Crippen molar-refractivity contribution in [3.8, 4) is 5.75 Å². The molecule has 2 nitrogen and oxygen atoms in total. The second-order valence-electron chi connectivity index (χ2n) is 6.95. The molecule has 0 radical (unpaired) electrons. The Hall–Kier alpha value is -1.02. The van der Waals surface area contributed by atoms with Gasteiger partial charge in [0.1, 0.15) is 5.75 Å². The van der Waals surface area contributed by atoms with E-state index in [1.165, 1.54) is 31.2 Å². The molecule has 0 atom stereocenters. The van der Waals surface area contributed by atoms with Crippen molar-refractivity contribution in [2.75, 3.05) is 13.2 Å². The summed E-state index contributed by atoms with van der Waals surface area (Å²) in [6, 6.07) is 8.38. The molecule has 1 fully saturated rings. The van der Waals surface area contributed by atoms with Crippen molar-refractivity contribution in [1.82, 2.24) is 0 Å². The lowest BCUT2D eigenvalue weighted by molar-refractivity contribution is 0.154. The quantitative estimate of drug-likeness (QED) is 0.892. The molecule has 0 aromatic heterocycles. The third-order valence-electron chi connectivity index (χ3n) is 4.33. The van der Waals surface area contributed by atoms with Crippen LogP contribution in [0.2, 0.25) is 0 Å². The zero-order valence-electron chi connectivity index (χ0n) is 12.5. The number of hydrogen-bond donors (Lipinski definition) is 1. The van der Waals surface area contributed by atoms with E-state index >= 15 is 0 Å². The van der Waals surface area contributed by atoms with Crippen molar-refractivity contribution in [3.63, 3.8) is 0 Å². The maximum Gasteiger partial charge on any atom is 0.123 e. The van der Waals surface area contributed by atoms with Crippen LogP contribution in [0.5, 0.6) is 5.75 Å². The molecule has 1 aromatic carbocycles. The van der Waals surface area contributed by atoms with Gasteiger partial charge in [-0.15, -0.1) is 0 Å². The van der Waals surface area contributed by atoms with Crippen LogP contribution < -0.4 is 10.5 Å². The van der Waals surface area contributed by atoms with Crippen molar-refractivity contribution in [1.29, 1.82) is 0 Å². The van der Waals surface area contributed by atoms with E-state index in [4.69, 9.17) is 10.5 Å².